The first-order valence-electron chi connectivity index (χ1n) is 6.07. The number of carboxylic acids is 2. The first kappa shape index (κ1) is 18.5. The zero-order valence-corrected chi connectivity index (χ0v) is 12.6. The number of nitrogens with one attached hydrogen (secondary N) is 1. The molecular weight excluding hydrogens is 282 g/mol. The molecule has 0 aliphatic heterocycles. The predicted molar refractivity (Wildman–Crippen MR) is 76.8 cm³/mol. The minimum atomic E-state index is -1.29. The van der Waals surface area contributed by atoms with Crippen LogP contribution < -0.4 is 11.1 Å². The molecule has 0 amide bonds. The van der Waals surface area contributed by atoms with E-state index >= 15 is 0 Å². The van der Waals surface area contributed by atoms with Crippen molar-refractivity contribution in [3.8, 4) is 0 Å². The van der Waals surface area contributed by atoms with Gasteiger partial charge in [0.1, 0.15) is 6.04 Å². The predicted octanol–water partition coefficient (Wildman–Crippen LogP) is 0.859. The highest BCUT2D eigenvalue weighted by atomic mass is 32.1. The molecule has 1 unspecified atom stereocenters. The fourth-order valence-corrected chi connectivity index (χ4v) is 1.96. The Kier molecular flexibility index (Phi) is 8.69. The van der Waals surface area contributed by atoms with Crippen LogP contribution in [0.2, 0.25) is 0 Å². The molecule has 1 atom stereocenters. The summed E-state index contributed by atoms with van der Waals surface area (Å²) >= 11 is 1.75. The quantitative estimate of drug-likeness (QED) is 0.614. The van der Waals surface area contributed by atoms with Gasteiger partial charge >= 0.3 is 11.9 Å². The molecule has 0 aromatic carbocycles. The molecule has 0 bridgehead atoms. The Balaban J connectivity index is 0.000000370. The average Bonchev–Trinajstić information content (AvgIpc) is 2.78. The number of hydrogen-bond donors (Lipinski definition) is 4. The molecular formula is C12H21N3O4S. The van der Waals surface area contributed by atoms with Crippen molar-refractivity contribution in [1.29, 1.82) is 0 Å². The van der Waals surface area contributed by atoms with Crippen molar-refractivity contribution in [2.75, 3.05) is 7.05 Å². The van der Waals surface area contributed by atoms with Crippen LogP contribution >= 0.6 is 11.3 Å². The zero-order chi connectivity index (χ0) is 15.7. The monoisotopic (exact) mass is 303 g/mol. The summed E-state index contributed by atoms with van der Waals surface area (Å²) < 4.78 is 0. The highest BCUT2D eigenvalue weighted by Gasteiger charge is 2.14. The van der Waals surface area contributed by atoms with Gasteiger partial charge in [-0.3, -0.25) is 9.59 Å². The molecule has 8 heteroatoms. The molecule has 5 N–H and O–H groups in total. The number of nitrogens with zero attached hydrogens (tertiary/aromatic N) is 1. The third kappa shape index (κ3) is 7.82. The standard InChI is InChI=1S/C8H14N2S.C4H7NO4/c1-6(2)8-10-7(4-9-3)5-11-8;5-2(4(8)9)1-3(6)7/h5-6,9H,4H2,1-3H3;2H,1,5H2,(H,6,7)(H,8,9). The third-order valence-electron chi connectivity index (χ3n) is 2.13. The minimum absolute atomic E-state index is 0.532. The molecule has 7 nitrogen and oxygen atoms in total. The van der Waals surface area contributed by atoms with Crippen molar-refractivity contribution in [2.24, 2.45) is 5.73 Å². The van der Waals surface area contributed by atoms with E-state index in [2.05, 4.69) is 29.5 Å². The maximum Gasteiger partial charge on any atom is 0.321 e. The molecule has 0 saturated carbocycles. The molecule has 1 aromatic rings. The summed E-state index contributed by atoms with van der Waals surface area (Å²) in [6, 6.07) is -1.29. The van der Waals surface area contributed by atoms with E-state index in [4.69, 9.17) is 15.9 Å². The van der Waals surface area contributed by atoms with Crippen molar-refractivity contribution < 1.29 is 19.8 Å². The Hall–Kier alpha value is -1.51. The van der Waals surface area contributed by atoms with Crippen LogP contribution in [0, 0.1) is 0 Å². The summed E-state index contributed by atoms with van der Waals surface area (Å²) in [5.74, 6) is -1.94. The van der Waals surface area contributed by atoms with E-state index in [-0.39, 0.29) is 0 Å². The van der Waals surface area contributed by atoms with E-state index in [9.17, 15) is 9.59 Å². The number of aliphatic carboxylic acids is 2. The Morgan fingerprint density at radius 1 is 1.45 bits per heavy atom. The topological polar surface area (TPSA) is 126 Å². The number of carbonyl (C=O) groups is 2. The van der Waals surface area contributed by atoms with Gasteiger partial charge in [0.15, 0.2) is 0 Å². The Labute approximate surface area is 121 Å². The van der Waals surface area contributed by atoms with Crippen molar-refractivity contribution in [3.05, 3.63) is 16.1 Å². The third-order valence-corrected chi connectivity index (χ3v) is 3.33. The number of aromatic nitrogens is 1. The van der Waals surface area contributed by atoms with Gasteiger partial charge in [-0.05, 0) is 7.05 Å². The van der Waals surface area contributed by atoms with Crippen LogP contribution in [0.5, 0.6) is 0 Å². The van der Waals surface area contributed by atoms with Gasteiger partial charge in [0.25, 0.3) is 0 Å². The Morgan fingerprint density at radius 3 is 2.35 bits per heavy atom. The van der Waals surface area contributed by atoms with Gasteiger partial charge in [0, 0.05) is 17.8 Å². The SMILES string of the molecule is CNCc1csc(C(C)C)n1.NC(CC(=O)O)C(=O)O. The van der Waals surface area contributed by atoms with E-state index < -0.39 is 24.4 Å². The molecule has 0 radical (unpaired) electrons. The van der Waals surface area contributed by atoms with E-state index in [0.717, 1.165) is 12.2 Å². The van der Waals surface area contributed by atoms with Crippen LogP contribution in [0.3, 0.4) is 0 Å². The van der Waals surface area contributed by atoms with Crippen LogP contribution in [0.15, 0.2) is 5.38 Å². The van der Waals surface area contributed by atoms with Gasteiger partial charge in [-0.2, -0.15) is 0 Å². The molecule has 0 fully saturated rings. The number of rotatable bonds is 6. The van der Waals surface area contributed by atoms with E-state index in [1.807, 2.05) is 7.05 Å². The number of nitrogens with two attached hydrogens (primary N) is 1. The lowest BCUT2D eigenvalue weighted by Crippen LogP contribution is -2.32. The molecule has 1 aromatic heterocycles. The molecule has 0 saturated heterocycles. The van der Waals surface area contributed by atoms with Gasteiger partial charge in [0.2, 0.25) is 0 Å². The van der Waals surface area contributed by atoms with Crippen LogP contribution in [-0.4, -0.2) is 40.2 Å². The maximum atomic E-state index is 9.85. The number of thiazole rings is 1. The fourth-order valence-electron chi connectivity index (χ4n) is 1.13. The van der Waals surface area contributed by atoms with Crippen molar-refractivity contribution in [2.45, 2.75) is 38.8 Å². The van der Waals surface area contributed by atoms with Crippen LogP contribution in [0.4, 0.5) is 0 Å². The van der Waals surface area contributed by atoms with Gasteiger partial charge in [-0.1, -0.05) is 13.8 Å². The summed E-state index contributed by atoms with van der Waals surface area (Å²) in [5, 5.41) is 22.5. The van der Waals surface area contributed by atoms with E-state index in [0.29, 0.717) is 5.92 Å². The second-order valence-corrected chi connectivity index (χ2v) is 5.29. The van der Waals surface area contributed by atoms with Crippen LogP contribution in [0.1, 0.15) is 36.9 Å². The highest BCUT2D eigenvalue weighted by molar-refractivity contribution is 7.09. The normalized spacial score (nSPS) is 11.7. The average molecular weight is 303 g/mol. The molecule has 20 heavy (non-hydrogen) atoms. The molecule has 0 aliphatic carbocycles. The molecule has 1 heterocycles. The van der Waals surface area contributed by atoms with Crippen molar-refractivity contribution in [3.63, 3.8) is 0 Å². The Bertz CT molecular complexity index is 434. The Morgan fingerprint density at radius 2 is 2.05 bits per heavy atom. The summed E-state index contributed by atoms with van der Waals surface area (Å²) in [6.45, 7) is 5.22. The number of hydrogen-bond acceptors (Lipinski definition) is 6. The summed E-state index contributed by atoms with van der Waals surface area (Å²) in [7, 11) is 1.94. The smallest absolute Gasteiger partial charge is 0.321 e. The number of carboxylic acid groups (broad SMARTS) is 2. The summed E-state index contributed by atoms with van der Waals surface area (Å²) in [6.07, 6.45) is -0.532. The lowest BCUT2D eigenvalue weighted by atomic mass is 10.2. The maximum absolute atomic E-state index is 9.85. The van der Waals surface area contributed by atoms with Crippen LogP contribution in [0.25, 0.3) is 0 Å². The van der Waals surface area contributed by atoms with Gasteiger partial charge < -0.3 is 21.3 Å². The van der Waals surface area contributed by atoms with Crippen molar-refractivity contribution >= 4 is 23.3 Å². The first-order valence-corrected chi connectivity index (χ1v) is 6.95. The lowest BCUT2D eigenvalue weighted by molar-refractivity contribution is -0.144. The molecule has 1 rings (SSSR count). The van der Waals surface area contributed by atoms with Crippen LogP contribution in [-0.2, 0) is 16.1 Å². The first-order chi connectivity index (χ1) is 9.27. The molecule has 114 valence electrons. The molecule has 0 spiro atoms. The van der Waals surface area contributed by atoms with Crippen molar-refractivity contribution in [1.82, 2.24) is 10.3 Å². The van der Waals surface area contributed by atoms with E-state index in [1.165, 1.54) is 5.01 Å². The van der Waals surface area contributed by atoms with Gasteiger partial charge in [0.05, 0.1) is 17.1 Å². The molecule has 0 aliphatic rings. The van der Waals surface area contributed by atoms with E-state index in [1.54, 1.807) is 11.3 Å². The minimum Gasteiger partial charge on any atom is -0.481 e. The largest absolute Gasteiger partial charge is 0.481 e. The zero-order valence-electron chi connectivity index (χ0n) is 11.8. The lowest BCUT2D eigenvalue weighted by Gasteiger charge is -1.99. The second kappa shape index (κ2) is 9.40. The fraction of sp³-hybridized carbons (Fsp3) is 0.583. The summed E-state index contributed by atoms with van der Waals surface area (Å²) in [5.41, 5.74) is 5.99. The summed E-state index contributed by atoms with van der Waals surface area (Å²) in [4.78, 5) is 24.1. The second-order valence-electron chi connectivity index (χ2n) is 4.40. The highest BCUT2D eigenvalue weighted by Crippen LogP contribution is 2.18. The van der Waals surface area contributed by atoms with Gasteiger partial charge in [-0.15, -0.1) is 11.3 Å². The van der Waals surface area contributed by atoms with Gasteiger partial charge in [-0.25, -0.2) is 4.98 Å².